The number of rotatable bonds is 4. The van der Waals surface area contributed by atoms with E-state index in [1.165, 1.54) is 6.07 Å². The van der Waals surface area contributed by atoms with Gasteiger partial charge in [-0.25, -0.2) is 4.39 Å². The van der Waals surface area contributed by atoms with E-state index in [-0.39, 0.29) is 22.6 Å². The summed E-state index contributed by atoms with van der Waals surface area (Å²) in [7, 11) is 0. The summed E-state index contributed by atoms with van der Waals surface area (Å²) in [6.07, 6.45) is 2.63. The van der Waals surface area contributed by atoms with Crippen molar-refractivity contribution in [3.8, 4) is 6.07 Å². The Labute approximate surface area is 122 Å². The van der Waals surface area contributed by atoms with E-state index in [2.05, 4.69) is 11.4 Å². The SMILES string of the molecule is N#CC1(CN[C@@H]2CCO[C@H]2c2ccc(Cl)c(F)c2)CC1. The molecule has 2 atom stereocenters. The van der Waals surface area contributed by atoms with Gasteiger partial charge in [0.1, 0.15) is 5.82 Å². The first-order chi connectivity index (χ1) is 9.63. The lowest BCUT2D eigenvalue weighted by Crippen LogP contribution is -2.35. The van der Waals surface area contributed by atoms with Gasteiger partial charge in [-0.2, -0.15) is 5.26 Å². The van der Waals surface area contributed by atoms with Crippen LogP contribution in [0, 0.1) is 22.6 Å². The van der Waals surface area contributed by atoms with Gasteiger partial charge in [0.05, 0.1) is 22.6 Å². The number of benzene rings is 1. The Bertz CT molecular complexity index is 553. The van der Waals surface area contributed by atoms with Crippen LogP contribution in [0.25, 0.3) is 0 Å². The summed E-state index contributed by atoms with van der Waals surface area (Å²) < 4.78 is 19.3. The second-order valence-electron chi connectivity index (χ2n) is 5.63. The molecule has 0 bridgehead atoms. The summed E-state index contributed by atoms with van der Waals surface area (Å²) in [5, 5.41) is 12.6. The lowest BCUT2D eigenvalue weighted by molar-refractivity contribution is 0.0979. The van der Waals surface area contributed by atoms with E-state index in [1.54, 1.807) is 12.1 Å². The van der Waals surface area contributed by atoms with E-state index >= 15 is 0 Å². The van der Waals surface area contributed by atoms with Crippen LogP contribution in [-0.4, -0.2) is 19.2 Å². The number of nitriles is 1. The van der Waals surface area contributed by atoms with Crippen molar-refractivity contribution in [1.82, 2.24) is 5.32 Å². The zero-order valence-electron chi connectivity index (χ0n) is 11.0. The molecule has 2 aliphatic rings. The molecule has 1 aliphatic carbocycles. The van der Waals surface area contributed by atoms with E-state index in [1.807, 2.05) is 0 Å². The highest BCUT2D eigenvalue weighted by atomic mass is 35.5. The number of nitrogens with zero attached hydrogens (tertiary/aromatic N) is 1. The third-order valence-corrected chi connectivity index (χ3v) is 4.46. The molecule has 1 aromatic carbocycles. The minimum atomic E-state index is -0.422. The van der Waals surface area contributed by atoms with Gasteiger partial charge in [-0.1, -0.05) is 17.7 Å². The molecule has 1 N–H and O–H groups in total. The van der Waals surface area contributed by atoms with E-state index in [9.17, 15) is 4.39 Å². The average molecular weight is 295 g/mol. The summed E-state index contributed by atoms with van der Waals surface area (Å²) >= 11 is 5.70. The normalized spacial score (nSPS) is 27.2. The van der Waals surface area contributed by atoms with Crippen molar-refractivity contribution in [3.63, 3.8) is 0 Å². The molecule has 1 heterocycles. The largest absolute Gasteiger partial charge is 0.372 e. The number of hydrogen-bond donors (Lipinski definition) is 1. The first-order valence-electron chi connectivity index (χ1n) is 6.85. The maximum absolute atomic E-state index is 13.5. The van der Waals surface area contributed by atoms with Crippen LogP contribution in [0.2, 0.25) is 5.02 Å². The van der Waals surface area contributed by atoms with Gasteiger partial charge in [-0.3, -0.25) is 0 Å². The molecule has 1 saturated heterocycles. The zero-order valence-corrected chi connectivity index (χ0v) is 11.8. The highest BCUT2D eigenvalue weighted by Crippen LogP contribution is 2.44. The molecule has 3 nitrogen and oxygen atoms in total. The van der Waals surface area contributed by atoms with Gasteiger partial charge in [0.2, 0.25) is 0 Å². The molecule has 2 fully saturated rings. The van der Waals surface area contributed by atoms with Crippen LogP contribution in [0.5, 0.6) is 0 Å². The molecule has 1 aromatic rings. The smallest absolute Gasteiger partial charge is 0.142 e. The van der Waals surface area contributed by atoms with Crippen LogP contribution < -0.4 is 5.32 Å². The Morgan fingerprint density at radius 1 is 1.50 bits per heavy atom. The standard InChI is InChI=1S/C15H16ClFN2O/c16-11-2-1-10(7-12(11)17)14-13(3-6-20-14)19-9-15(8-18)4-5-15/h1-2,7,13-14,19H,3-6,9H2/t13-,14+/m1/s1. The molecule has 0 unspecified atom stereocenters. The maximum atomic E-state index is 13.5. The van der Waals surface area contributed by atoms with Crippen LogP contribution in [0.3, 0.4) is 0 Å². The minimum Gasteiger partial charge on any atom is -0.372 e. The Balaban J connectivity index is 1.69. The number of hydrogen-bond acceptors (Lipinski definition) is 3. The summed E-state index contributed by atoms with van der Waals surface area (Å²) in [6.45, 7) is 1.33. The van der Waals surface area contributed by atoms with Gasteiger partial charge < -0.3 is 10.1 Å². The molecule has 20 heavy (non-hydrogen) atoms. The Hall–Kier alpha value is -1.15. The van der Waals surface area contributed by atoms with Crippen LogP contribution in [0.4, 0.5) is 4.39 Å². The van der Waals surface area contributed by atoms with Crippen LogP contribution >= 0.6 is 11.6 Å². The zero-order chi connectivity index (χ0) is 14.2. The molecule has 1 aliphatic heterocycles. The van der Waals surface area contributed by atoms with Crippen molar-refractivity contribution < 1.29 is 9.13 Å². The van der Waals surface area contributed by atoms with Crippen LogP contribution in [-0.2, 0) is 4.74 Å². The van der Waals surface area contributed by atoms with Crippen molar-refractivity contribution in [2.45, 2.75) is 31.4 Å². The summed E-state index contributed by atoms with van der Waals surface area (Å²) in [4.78, 5) is 0. The number of nitrogens with one attached hydrogen (secondary N) is 1. The molecule has 0 aromatic heterocycles. The van der Waals surface area contributed by atoms with Crippen molar-refractivity contribution in [2.24, 2.45) is 5.41 Å². The predicted molar refractivity (Wildman–Crippen MR) is 73.8 cm³/mol. The van der Waals surface area contributed by atoms with Crippen molar-refractivity contribution in [3.05, 3.63) is 34.6 Å². The molecule has 0 radical (unpaired) electrons. The second-order valence-corrected chi connectivity index (χ2v) is 6.04. The third kappa shape index (κ3) is 2.67. The topological polar surface area (TPSA) is 45.0 Å². The minimum absolute atomic E-state index is 0.123. The quantitative estimate of drug-likeness (QED) is 0.927. The number of halogens is 2. The highest BCUT2D eigenvalue weighted by Gasteiger charge is 2.44. The van der Waals surface area contributed by atoms with Crippen LogP contribution in [0.1, 0.15) is 30.9 Å². The molecule has 0 spiro atoms. The van der Waals surface area contributed by atoms with Crippen molar-refractivity contribution in [1.29, 1.82) is 5.26 Å². The monoisotopic (exact) mass is 294 g/mol. The summed E-state index contributed by atoms with van der Waals surface area (Å²) in [6, 6.07) is 7.28. The molecular weight excluding hydrogens is 279 g/mol. The predicted octanol–water partition coefficient (Wildman–Crippen LogP) is 3.20. The average Bonchev–Trinajstić information content (AvgIpc) is 3.09. The van der Waals surface area contributed by atoms with E-state index in [0.717, 1.165) is 24.8 Å². The van der Waals surface area contributed by atoms with Gasteiger partial charge in [-0.15, -0.1) is 0 Å². The van der Waals surface area contributed by atoms with Gasteiger partial charge >= 0.3 is 0 Å². The van der Waals surface area contributed by atoms with Crippen molar-refractivity contribution in [2.75, 3.05) is 13.2 Å². The Morgan fingerprint density at radius 3 is 2.95 bits per heavy atom. The van der Waals surface area contributed by atoms with Gasteiger partial charge in [0.15, 0.2) is 0 Å². The van der Waals surface area contributed by atoms with E-state index in [4.69, 9.17) is 21.6 Å². The Kier molecular flexibility index (Phi) is 3.68. The molecule has 5 heteroatoms. The lowest BCUT2D eigenvalue weighted by atomic mass is 10.0. The molecular formula is C15H16ClFN2O. The lowest BCUT2D eigenvalue weighted by Gasteiger charge is -2.21. The number of ether oxygens (including phenoxy) is 1. The highest BCUT2D eigenvalue weighted by molar-refractivity contribution is 6.30. The first kappa shape index (κ1) is 13.8. The summed E-state index contributed by atoms with van der Waals surface area (Å²) in [5.41, 5.74) is 0.613. The molecule has 1 saturated carbocycles. The first-order valence-corrected chi connectivity index (χ1v) is 7.23. The second kappa shape index (κ2) is 5.33. The fourth-order valence-corrected chi connectivity index (χ4v) is 2.74. The fourth-order valence-electron chi connectivity index (χ4n) is 2.62. The maximum Gasteiger partial charge on any atom is 0.142 e. The molecule has 3 rings (SSSR count). The van der Waals surface area contributed by atoms with Crippen LogP contribution in [0.15, 0.2) is 18.2 Å². The Morgan fingerprint density at radius 2 is 2.30 bits per heavy atom. The molecule has 106 valence electrons. The van der Waals surface area contributed by atoms with Gasteiger partial charge in [0.25, 0.3) is 0 Å². The van der Waals surface area contributed by atoms with E-state index < -0.39 is 5.82 Å². The van der Waals surface area contributed by atoms with Crippen molar-refractivity contribution >= 4 is 11.6 Å². The summed E-state index contributed by atoms with van der Waals surface area (Å²) in [5.74, 6) is -0.422. The van der Waals surface area contributed by atoms with E-state index in [0.29, 0.717) is 13.2 Å². The molecule has 0 amide bonds. The fraction of sp³-hybridized carbons (Fsp3) is 0.533. The van der Waals surface area contributed by atoms with Gasteiger partial charge in [-0.05, 0) is 37.0 Å². The van der Waals surface area contributed by atoms with Gasteiger partial charge in [0, 0.05) is 19.2 Å². The third-order valence-electron chi connectivity index (χ3n) is 4.16.